The van der Waals surface area contributed by atoms with Crippen LogP contribution in [-0.2, 0) is 14.8 Å². The van der Waals surface area contributed by atoms with Gasteiger partial charge in [-0.3, -0.25) is 4.79 Å². The maximum Gasteiger partial charge on any atom is 0.237 e. The molecule has 0 aromatic heterocycles. The molecule has 0 aliphatic rings. The van der Waals surface area contributed by atoms with Crippen LogP contribution in [0.2, 0.25) is 0 Å². The van der Waals surface area contributed by atoms with Gasteiger partial charge in [-0.2, -0.15) is 4.31 Å². The highest BCUT2D eigenvalue weighted by atomic mass is 32.2. The second-order valence-corrected chi connectivity index (χ2v) is 6.09. The van der Waals surface area contributed by atoms with Gasteiger partial charge >= 0.3 is 0 Å². The molecule has 0 rings (SSSR count). The molecule has 90 valence electrons. The van der Waals surface area contributed by atoms with Crippen molar-refractivity contribution in [2.75, 3.05) is 34.2 Å². The van der Waals surface area contributed by atoms with E-state index in [1.165, 1.54) is 18.9 Å². The fraction of sp³-hybridized carbons (Fsp3) is 0.875. The molecule has 0 heterocycles. The van der Waals surface area contributed by atoms with Crippen LogP contribution in [-0.4, -0.2) is 63.0 Å². The van der Waals surface area contributed by atoms with Gasteiger partial charge in [-0.15, -0.1) is 0 Å². The summed E-state index contributed by atoms with van der Waals surface area (Å²) in [5.74, 6) is -0.259. The lowest BCUT2D eigenvalue weighted by Gasteiger charge is -2.21. The number of amides is 1. The third-order valence-corrected chi connectivity index (χ3v) is 4.34. The van der Waals surface area contributed by atoms with E-state index in [4.69, 9.17) is 5.73 Å². The lowest BCUT2D eigenvalue weighted by atomic mass is 10.5. The first kappa shape index (κ1) is 14.3. The summed E-state index contributed by atoms with van der Waals surface area (Å²) in [7, 11) is 1.08. The van der Waals surface area contributed by atoms with E-state index in [1.54, 1.807) is 14.1 Å². The molecule has 0 saturated heterocycles. The normalized spacial score (nSPS) is 14.0. The van der Waals surface area contributed by atoms with Crippen molar-refractivity contribution in [3.8, 4) is 0 Å². The summed E-state index contributed by atoms with van der Waals surface area (Å²) >= 11 is 0. The van der Waals surface area contributed by atoms with E-state index in [1.807, 2.05) is 0 Å². The second-order valence-electron chi connectivity index (χ2n) is 3.64. The predicted molar refractivity (Wildman–Crippen MR) is 58.8 cm³/mol. The van der Waals surface area contributed by atoms with Crippen molar-refractivity contribution < 1.29 is 13.2 Å². The zero-order valence-electron chi connectivity index (χ0n) is 9.60. The zero-order chi connectivity index (χ0) is 12.2. The van der Waals surface area contributed by atoms with Crippen molar-refractivity contribution in [2.24, 2.45) is 5.73 Å². The molecular weight excluding hydrogens is 218 g/mol. The molecule has 0 aliphatic heterocycles. The largest absolute Gasteiger partial charge is 0.348 e. The average molecular weight is 237 g/mol. The standard InChI is InChI=1S/C8H19N3O3S/c1-7(5-9)15(13,14)11(4)6-8(12)10(2)3/h7H,5-6,9H2,1-4H3. The second kappa shape index (κ2) is 5.43. The number of carbonyl (C=O) groups excluding carboxylic acids is 1. The van der Waals surface area contributed by atoms with E-state index in [9.17, 15) is 13.2 Å². The molecule has 0 aromatic carbocycles. The highest BCUT2D eigenvalue weighted by molar-refractivity contribution is 7.89. The molecule has 15 heavy (non-hydrogen) atoms. The van der Waals surface area contributed by atoms with Gasteiger partial charge in [0.1, 0.15) is 0 Å². The molecule has 1 amide bonds. The first-order valence-corrected chi connectivity index (χ1v) is 6.09. The first-order valence-electron chi connectivity index (χ1n) is 4.58. The summed E-state index contributed by atoms with van der Waals surface area (Å²) in [6, 6.07) is 0. The molecule has 0 spiro atoms. The fourth-order valence-electron chi connectivity index (χ4n) is 0.851. The van der Waals surface area contributed by atoms with Crippen LogP contribution in [0.15, 0.2) is 0 Å². The molecule has 2 N–H and O–H groups in total. The molecule has 0 radical (unpaired) electrons. The van der Waals surface area contributed by atoms with E-state index >= 15 is 0 Å². The smallest absolute Gasteiger partial charge is 0.237 e. The third-order valence-electron chi connectivity index (χ3n) is 2.13. The number of hydrogen-bond acceptors (Lipinski definition) is 4. The van der Waals surface area contributed by atoms with Gasteiger partial charge in [0.2, 0.25) is 15.9 Å². The van der Waals surface area contributed by atoms with Crippen molar-refractivity contribution in [3.63, 3.8) is 0 Å². The minimum Gasteiger partial charge on any atom is -0.348 e. The Kier molecular flexibility index (Phi) is 5.19. The number of likely N-dealkylation sites (N-methyl/N-ethyl adjacent to an activating group) is 2. The maximum absolute atomic E-state index is 11.7. The lowest BCUT2D eigenvalue weighted by molar-refractivity contribution is -0.128. The van der Waals surface area contributed by atoms with Gasteiger partial charge < -0.3 is 10.6 Å². The molecule has 0 bridgehead atoms. The Morgan fingerprint density at radius 3 is 2.13 bits per heavy atom. The van der Waals surface area contributed by atoms with Crippen molar-refractivity contribution in [2.45, 2.75) is 12.2 Å². The Labute approximate surface area is 91.1 Å². The third kappa shape index (κ3) is 3.77. The first-order chi connectivity index (χ1) is 6.73. The Hall–Kier alpha value is -0.660. The van der Waals surface area contributed by atoms with Crippen molar-refractivity contribution >= 4 is 15.9 Å². The van der Waals surface area contributed by atoms with Gasteiger partial charge in [0.15, 0.2) is 0 Å². The number of sulfonamides is 1. The summed E-state index contributed by atoms with van der Waals surface area (Å²) < 4.78 is 24.4. The minimum absolute atomic E-state index is 0.0445. The van der Waals surface area contributed by atoms with Crippen LogP contribution in [0.25, 0.3) is 0 Å². The van der Waals surface area contributed by atoms with Crippen LogP contribution in [0.5, 0.6) is 0 Å². The highest BCUT2D eigenvalue weighted by Crippen LogP contribution is 2.05. The summed E-state index contributed by atoms with van der Waals surface area (Å²) in [5.41, 5.74) is 5.29. The van der Waals surface area contributed by atoms with E-state index in [2.05, 4.69) is 0 Å². The van der Waals surface area contributed by atoms with E-state index < -0.39 is 15.3 Å². The molecule has 7 heteroatoms. The number of rotatable bonds is 5. The molecule has 1 unspecified atom stereocenters. The molecule has 0 fully saturated rings. The molecule has 0 aliphatic carbocycles. The zero-order valence-corrected chi connectivity index (χ0v) is 10.4. The molecule has 1 atom stereocenters. The van der Waals surface area contributed by atoms with Crippen molar-refractivity contribution in [1.82, 2.24) is 9.21 Å². The van der Waals surface area contributed by atoms with Crippen LogP contribution in [0.4, 0.5) is 0 Å². The lowest BCUT2D eigenvalue weighted by Crippen LogP contribution is -2.43. The van der Waals surface area contributed by atoms with Crippen LogP contribution in [0, 0.1) is 0 Å². The maximum atomic E-state index is 11.7. The Balaban J connectivity index is 4.59. The number of carbonyl (C=O) groups is 1. The number of nitrogens with two attached hydrogens (primary N) is 1. The number of hydrogen-bond donors (Lipinski definition) is 1. The quantitative estimate of drug-likeness (QED) is 0.643. The monoisotopic (exact) mass is 237 g/mol. The fourth-order valence-corrected chi connectivity index (χ4v) is 2.00. The summed E-state index contributed by atoms with van der Waals surface area (Å²) in [6.45, 7) is 1.41. The summed E-state index contributed by atoms with van der Waals surface area (Å²) in [6.07, 6.45) is 0. The van der Waals surface area contributed by atoms with Gasteiger partial charge in [0.25, 0.3) is 0 Å². The van der Waals surface area contributed by atoms with Gasteiger partial charge in [-0.25, -0.2) is 8.42 Å². The molecular formula is C8H19N3O3S. The summed E-state index contributed by atoms with van der Waals surface area (Å²) in [4.78, 5) is 12.6. The van der Waals surface area contributed by atoms with E-state index in [-0.39, 0.29) is 19.0 Å². The van der Waals surface area contributed by atoms with Gasteiger partial charge in [0, 0.05) is 27.7 Å². The SMILES string of the molecule is CC(CN)S(=O)(=O)N(C)CC(=O)N(C)C. The van der Waals surface area contributed by atoms with Gasteiger partial charge in [-0.05, 0) is 6.92 Å². The predicted octanol–water partition coefficient (Wildman–Crippen LogP) is -1.32. The average Bonchev–Trinajstić information content (AvgIpc) is 2.15. The van der Waals surface area contributed by atoms with Gasteiger partial charge in [0.05, 0.1) is 11.8 Å². The minimum atomic E-state index is -3.46. The topological polar surface area (TPSA) is 83.7 Å². The molecule has 0 saturated carbocycles. The van der Waals surface area contributed by atoms with Crippen LogP contribution in [0.1, 0.15) is 6.92 Å². The van der Waals surface area contributed by atoms with Gasteiger partial charge in [-0.1, -0.05) is 0 Å². The number of nitrogens with zero attached hydrogens (tertiary/aromatic N) is 2. The highest BCUT2D eigenvalue weighted by Gasteiger charge is 2.26. The van der Waals surface area contributed by atoms with Crippen molar-refractivity contribution in [3.05, 3.63) is 0 Å². The van der Waals surface area contributed by atoms with Crippen LogP contribution in [0.3, 0.4) is 0 Å². The molecule has 6 nitrogen and oxygen atoms in total. The Morgan fingerprint density at radius 1 is 1.33 bits per heavy atom. The Morgan fingerprint density at radius 2 is 1.80 bits per heavy atom. The van der Waals surface area contributed by atoms with E-state index in [0.29, 0.717) is 0 Å². The Bertz CT molecular complexity index is 313. The van der Waals surface area contributed by atoms with Crippen LogP contribution < -0.4 is 5.73 Å². The summed E-state index contributed by atoms with van der Waals surface area (Å²) in [5, 5.41) is -0.669. The van der Waals surface area contributed by atoms with E-state index in [0.717, 1.165) is 4.31 Å². The van der Waals surface area contributed by atoms with Crippen LogP contribution >= 0.6 is 0 Å². The molecule has 0 aromatic rings. The van der Waals surface area contributed by atoms with Crippen molar-refractivity contribution in [1.29, 1.82) is 0 Å².